The maximum atomic E-state index is 12.2. The highest BCUT2D eigenvalue weighted by molar-refractivity contribution is 5.96. The zero-order valence-corrected chi connectivity index (χ0v) is 14.1. The fourth-order valence-electron chi connectivity index (χ4n) is 1.99. The molecule has 0 aromatic heterocycles. The number of hydrazone groups is 1. The van der Waals surface area contributed by atoms with Crippen LogP contribution in [0.3, 0.4) is 0 Å². The number of carbonyl (C=O) groups excluding carboxylic acids is 2. The summed E-state index contributed by atoms with van der Waals surface area (Å²) in [5, 5.41) is 3.90. The number of carbonyl (C=O) groups is 2. The third kappa shape index (κ3) is 4.81. The molecule has 0 aliphatic heterocycles. The van der Waals surface area contributed by atoms with E-state index in [4.69, 9.17) is 9.47 Å². The van der Waals surface area contributed by atoms with Crippen molar-refractivity contribution in [2.24, 2.45) is 5.10 Å². The van der Waals surface area contributed by atoms with Gasteiger partial charge in [-0.1, -0.05) is 12.1 Å². The highest BCUT2D eigenvalue weighted by atomic mass is 16.5. The van der Waals surface area contributed by atoms with E-state index in [0.717, 1.165) is 5.56 Å². The standard InChI is InChI=1S/C18H18N2O5/c1-23-15-8-14(9-16(10-15)24-2)17(21)20-19-11-12-4-6-13(7-5-12)18(22)25-3/h4-11H,1-3H3,(H,20,21)/b19-11-. The fourth-order valence-corrected chi connectivity index (χ4v) is 1.99. The minimum Gasteiger partial charge on any atom is -0.497 e. The first-order chi connectivity index (χ1) is 12.1. The van der Waals surface area contributed by atoms with Gasteiger partial charge in [0.2, 0.25) is 0 Å². The van der Waals surface area contributed by atoms with Crippen LogP contribution in [0, 0.1) is 0 Å². The summed E-state index contributed by atoms with van der Waals surface area (Å²) in [6.45, 7) is 0. The molecule has 130 valence electrons. The topological polar surface area (TPSA) is 86.2 Å². The van der Waals surface area contributed by atoms with Crippen molar-refractivity contribution in [1.82, 2.24) is 5.43 Å². The van der Waals surface area contributed by atoms with Gasteiger partial charge in [-0.15, -0.1) is 0 Å². The lowest BCUT2D eigenvalue weighted by Gasteiger charge is -2.07. The molecule has 0 saturated heterocycles. The Morgan fingerprint density at radius 2 is 1.52 bits per heavy atom. The molecule has 0 fully saturated rings. The lowest BCUT2D eigenvalue weighted by Crippen LogP contribution is -2.17. The van der Waals surface area contributed by atoms with Gasteiger partial charge in [0.15, 0.2) is 0 Å². The normalized spacial score (nSPS) is 10.4. The van der Waals surface area contributed by atoms with E-state index >= 15 is 0 Å². The van der Waals surface area contributed by atoms with Crippen LogP contribution in [0.25, 0.3) is 0 Å². The molecular formula is C18H18N2O5. The third-order valence-electron chi connectivity index (χ3n) is 3.33. The van der Waals surface area contributed by atoms with Gasteiger partial charge < -0.3 is 14.2 Å². The molecule has 1 amide bonds. The molecule has 0 aliphatic carbocycles. The van der Waals surface area contributed by atoms with E-state index in [1.165, 1.54) is 27.5 Å². The molecule has 0 saturated carbocycles. The van der Waals surface area contributed by atoms with Crippen LogP contribution in [0.15, 0.2) is 47.6 Å². The van der Waals surface area contributed by atoms with Gasteiger partial charge in [0.1, 0.15) is 11.5 Å². The predicted octanol–water partition coefficient (Wildman–Crippen LogP) is 2.25. The lowest BCUT2D eigenvalue weighted by atomic mass is 10.1. The van der Waals surface area contributed by atoms with Crippen molar-refractivity contribution >= 4 is 18.1 Å². The Labute approximate surface area is 145 Å². The van der Waals surface area contributed by atoms with Gasteiger partial charge in [-0.25, -0.2) is 10.2 Å². The molecule has 7 heteroatoms. The third-order valence-corrected chi connectivity index (χ3v) is 3.33. The van der Waals surface area contributed by atoms with Crippen LogP contribution >= 0.6 is 0 Å². The summed E-state index contributed by atoms with van der Waals surface area (Å²) in [5.41, 5.74) is 3.94. The number of hydrogen-bond donors (Lipinski definition) is 1. The summed E-state index contributed by atoms with van der Waals surface area (Å²) < 4.78 is 14.9. The first-order valence-electron chi connectivity index (χ1n) is 7.32. The smallest absolute Gasteiger partial charge is 0.337 e. The second kappa shape index (κ2) is 8.49. The van der Waals surface area contributed by atoms with Crippen LogP contribution in [0.5, 0.6) is 11.5 Å². The molecule has 0 heterocycles. The quantitative estimate of drug-likeness (QED) is 0.494. The largest absolute Gasteiger partial charge is 0.497 e. The van der Waals surface area contributed by atoms with Crippen LogP contribution in [0.4, 0.5) is 0 Å². The highest BCUT2D eigenvalue weighted by Gasteiger charge is 2.09. The van der Waals surface area contributed by atoms with Gasteiger partial charge in [0.05, 0.1) is 33.1 Å². The van der Waals surface area contributed by atoms with Crippen molar-refractivity contribution in [3.63, 3.8) is 0 Å². The average molecular weight is 342 g/mol. The Kier molecular flexibility index (Phi) is 6.11. The van der Waals surface area contributed by atoms with E-state index in [2.05, 4.69) is 15.3 Å². The van der Waals surface area contributed by atoms with Crippen LogP contribution in [-0.4, -0.2) is 39.4 Å². The number of nitrogens with one attached hydrogen (secondary N) is 1. The maximum absolute atomic E-state index is 12.2. The average Bonchev–Trinajstić information content (AvgIpc) is 2.67. The van der Waals surface area contributed by atoms with E-state index < -0.39 is 11.9 Å². The predicted molar refractivity (Wildman–Crippen MR) is 92.4 cm³/mol. The SMILES string of the molecule is COC(=O)c1ccc(/C=N\NC(=O)c2cc(OC)cc(OC)c2)cc1. The van der Waals surface area contributed by atoms with Gasteiger partial charge in [0, 0.05) is 11.6 Å². The molecule has 0 aliphatic rings. The molecule has 2 aromatic carbocycles. The Hall–Kier alpha value is -3.35. The van der Waals surface area contributed by atoms with Gasteiger partial charge in [-0.05, 0) is 29.8 Å². The van der Waals surface area contributed by atoms with Gasteiger partial charge in [0.25, 0.3) is 5.91 Å². The van der Waals surface area contributed by atoms with Crippen molar-refractivity contribution in [3.8, 4) is 11.5 Å². The van der Waals surface area contributed by atoms with Crippen LogP contribution in [0.1, 0.15) is 26.3 Å². The van der Waals surface area contributed by atoms with Crippen molar-refractivity contribution in [3.05, 3.63) is 59.2 Å². The van der Waals surface area contributed by atoms with Gasteiger partial charge in [-0.2, -0.15) is 5.10 Å². The summed E-state index contributed by atoms with van der Waals surface area (Å²) in [7, 11) is 4.33. The maximum Gasteiger partial charge on any atom is 0.337 e. The van der Waals surface area contributed by atoms with E-state index in [1.807, 2.05) is 0 Å². The molecule has 0 unspecified atom stereocenters. The number of methoxy groups -OCH3 is 3. The van der Waals surface area contributed by atoms with Gasteiger partial charge in [-0.3, -0.25) is 4.79 Å². The van der Waals surface area contributed by atoms with Crippen LogP contribution in [-0.2, 0) is 4.74 Å². The minimum absolute atomic E-state index is 0.356. The first-order valence-corrected chi connectivity index (χ1v) is 7.32. The minimum atomic E-state index is -0.413. The number of esters is 1. The van der Waals surface area contributed by atoms with Crippen molar-refractivity contribution in [1.29, 1.82) is 0 Å². The molecule has 0 radical (unpaired) electrons. The fraction of sp³-hybridized carbons (Fsp3) is 0.167. The van der Waals surface area contributed by atoms with Crippen LogP contribution < -0.4 is 14.9 Å². The monoisotopic (exact) mass is 342 g/mol. The van der Waals surface area contributed by atoms with E-state index in [0.29, 0.717) is 22.6 Å². The van der Waals surface area contributed by atoms with Crippen molar-refractivity contribution in [2.45, 2.75) is 0 Å². The molecule has 1 N–H and O–H groups in total. The second-order valence-corrected chi connectivity index (χ2v) is 4.91. The number of ether oxygens (including phenoxy) is 3. The van der Waals surface area contributed by atoms with Gasteiger partial charge >= 0.3 is 5.97 Å². The molecule has 2 aromatic rings. The van der Waals surface area contributed by atoms with Crippen LogP contribution in [0.2, 0.25) is 0 Å². The number of benzene rings is 2. The van der Waals surface area contributed by atoms with Crippen molar-refractivity contribution < 1.29 is 23.8 Å². The second-order valence-electron chi connectivity index (χ2n) is 4.91. The molecule has 25 heavy (non-hydrogen) atoms. The van der Waals surface area contributed by atoms with E-state index in [-0.39, 0.29) is 0 Å². The summed E-state index contributed by atoms with van der Waals surface area (Å²) in [5.74, 6) is 0.196. The zero-order valence-electron chi connectivity index (χ0n) is 14.1. The molecule has 2 rings (SSSR count). The Morgan fingerprint density at radius 1 is 0.920 bits per heavy atom. The Morgan fingerprint density at radius 3 is 2.04 bits per heavy atom. The number of hydrogen-bond acceptors (Lipinski definition) is 6. The zero-order chi connectivity index (χ0) is 18.2. The summed E-state index contributed by atoms with van der Waals surface area (Å²) >= 11 is 0. The van der Waals surface area contributed by atoms with Crippen molar-refractivity contribution in [2.75, 3.05) is 21.3 Å². The summed E-state index contributed by atoms with van der Waals surface area (Å²) in [4.78, 5) is 23.5. The molecule has 7 nitrogen and oxygen atoms in total. The summed E-state index contributed by atoms with van der Waals surface area (Å²) in [6.07, 6.45) is 1.47. The molecule has 0 spiro atoms. The Bertz CT molecular complexity index is 762. The number of rotatable bonds is 6. The first kappa shape index (κ1) is 18.0. The molecule has 0 atom stereocenters. The Balaban J connectivity index is 2.04. The highest BCUT2D eigenvalue weighted by Crippen LogP contribution is 2.22. The lowest BCUT2D eigenvalue weighted by molar-refractivity contribution is 0.0600. The number of nitrogens with zero attached hydrogens (tertiary/aromatic N) is 1. The molecular weight excluding hydrogens is 324 g/mol. The summed E-state index contributed by atoms with van der Waals surface area (Å²) in [6, 6.07) is 11.4. The van der Waals surface area contributed by atoms with E-state index in [9.17, 15) is 9.59 Å². The number of amides is 1. The van der Waals surface area contributed by atoms with E-state index in [1.54, 1.807) is 42.5 Å². The molecule has 0 bridgehead atoms.